The van der Waals surface area contributed by atoms with E-state index in [2.05, 4.69) is 13.8 Å². The Morgan fingerprint density at radius 3 is 2.67 bits per heavy atom. The van der Waals surface area contributed by atoms with E-state index in [-0.39, 0.29) is 6.61 Å². The van der Waals surface area contributed by atoms with E-state index in [1.807, 2.05) is 25.1 Å². The fraction of sp³-hybridized carbons (Fsp3) is 0.417. The maximum Gasteiger partial charge on any atom is 0.255 e. The highest BCUT2D eigenvalue weighted by Gasteiger charge is 2.08. The van der Waals surface area contributed by atoms with Crippen LogP contribution in [0.1, 0.15) is 30.9 Å². The van der Waals surface area contributed by atoms with Crippen LogP contribution in [0.15, 0.2) is 18.2 Å². The third-order valence-electron chi connectivity index (χ3n) is 2.16. The van der Waals surface area contributed by atoms with Gasteiger partial charge >= 0.3 is 0 Å². The van der Waals surface area contributed by atoms with Crippen molar-refractivity contribution in [1.82, 2.24) is 0 Å². The van der Waals surface area contributed by atoms with Crippen molar-refractivity contribution in [1.29, 1.82) is 0 Å². The molecule has 2 N–H and O–H groups in total. The van der Waals surface area contributed by atoms with Gasteiger partial charge in [-0.3, -0.25) is 4.79 Å². The lowest BCUT2D eigenvalue weighted by molar-refractivity contribution is -0.119. The third-order valence-corrected chi connectivity index (χ3v) is 2.16. The van der Waals surface area contributed by atoms with Crippen LogP contribution in [0.3, 0.4) is 0 Å². The summed E-state index contributed by atoms with van der Waals surface area (Å²) in [6, 6.07) is 5.99. The van der Waals surface area contributed by atoms with Gasteiger partial charge in [-0.1, -0.05) is 26.0 Å². The van der Waals surface area contributed by atoms with Crippen molar-refractivity contribution in [3.63, 3.8) is 0 Å². The first-order chi connectivity index (χ1) is 7.00. The van der Waals surface area contributed by atoms with Gasteiger partial charge in [0.1, 0.15) is 5.75 Å². The molecule has 0 fully saturated rings. The molecule has 0 atom stereocenters. The SMILES string of the molecule is Cc1ccc(C(C)C)c(OCC(N)=O)c1. The smallest absolute Gasteiger partial charge is 0.255 e. The Balaban J connectivity index is 2.91. The van der Waals surface area contributed by atoms with Crippen LogP contribution in [0.5, 0.6) is 5.75 Å². The van der Waals surface area contributed by atoms with Crippen molar-refractivity contribution in [2.75, 3.05) is 6.61 Å². The van der Waals surface area contributed by atoms with E-state index >= 15 is 0 Å². The van der Waals surface area contributed by atoms with E-state index in [9.17, 15) is 4.79 Å². The summed E-state index contributed by atoms with van der Waals surface area (Å²) >= 11 is 0. The van der Waals surface area contributed by atoms with Crippen LogP contribution in [0.2, 0.25) is 0 Å². The summed E-state index contributed by atoms with van der Waals surface area (Å²) < 4.78 is 5.37. The standard InChI is InChI=1S/C12H17NO2/c1-8(2)10-5-4-9(3)6-11(10)15-7-12(13)14/h4-6,8H,7H2,1-3H3,(H2,13,14). The molecule has 3 nitrogen and oxygen atoms in total. The van der Waals surface area contributed by atoms with Crippen LogP contribution >= 0.6 is 0 Å². The molecule has 0 unspecified atom stereocenters. The fourth-order valence-corrected chi connectivity index (χ4v) is 1.39. The predicted molar refractivity (Wildman–Crippen MR) is 60.0 cm³/mol. The summed E-state index contributed by atoms with van der Waals surface area (Å²) in [7, 11) is 0. The maximum absolute atomic E-state index is 10.6. The molecule has 0 saturated carbocycles. The van der Waals surface area contributed by atoms with Gasteiger partial charge in [0.05, 0.1) is 0 Å². The Kier molecular flexibility index (Phi) is 3.72. The van der Waals surface area contributed by atoms with Crippen LogP contribution in [0, 0.1) is 6.92 Å². The topological polar surface area (TPSA) is 52.3 Å². The van der Waals surface area contributed by atoms with Gasteiger partial charge in [0.2, 0.25) is 0 Å². The lowest BCUT2D eigenvalue weighted by atomic mass is 10.0. The highest BCUT2D eigenvalue weighted by atomic mass is 16.5. The van der Waals surface area contributed by atoms with Gasteiger partial charge < -0.3 is 10.5 Å². The van der Waals surface area contributed by atoms with Gasteiger partial charge in [0.25, 0.3) is 5.91 Å². The van der Waals surface area contributed by atoms with Crippen molar-refractivity contribution >= 4 is 5.91 Å². The molecule has 3 heteroatoms. The average Bonchev–Trinajstić information content (AvgIpc) is 2.14. The van der Waals surface area contributed by atoms with Gasteiger partial charge in [-0.15, -0.1) is 0 Å². The molecular weight excluding hydrogens is 190 g/mol. The Morgan fingerprint density at radius 2 is 2.13 bits per heavy atom. The molecule has 1 amide bonds. The van der Waals surface area contributed by atoms with Crippen LogP contribution in [0.4, 0.5) is 0 Å². The lowest BCUT2D eigenvalue weighted by Crippen LogP contribution is -2.20. The number of nitrogens with two attached hydrogens (primary N) is 1. The maximum atomic E-state index is 10.6. The zero-order chi connectivity index (χ0) is 11.4. The van der Waals surface area contributed by atoms with E-state index in [1.165, 1.54) is 0 Å². The minimum absolute atomic E-state index is 0.0663. The first-order valence-electron chi connectivity index (χ1n) is 5.02. The van der Waals surface area contributed by atoms with Crippen LogP contribution in [0.25, 0.3) is 0 Å². The largest absolute Gasteiger partial charge is 0.483 e. The summed E-state index contributed by atoms with van der Waals surface area (Å²) in [6.07, 6.45) is 0. The second-order valence-electron chi connectivity index (χ2n) is 3.95. The number of hydrogen-bond acceptors (Lipinski definition) is 2. The summed E-state index contributed by atoms with van der Waals surface area (Å²) in [5, 5.41) is 0. The molecule has 0 heterocycles. The highest BCUT2D eigenvalue weighted by molar-refractivity contribution is 5.75. The minimum atomic E-state index is -0.453. The summed E-state index contributed by atoms with van der Waals surface area (Å²) in [4.78, 5) is 10.6. The van der Waals surface area contributed by atoms with Gasteiger partial charge in [-0.2, -0.15) is 0 Å². The molecule has 82 valence electrons. The number of primary amides is 1. The lowest BCUT2D eigenvalue weighted by Gasteiger charge is -2.13. The average molecular weight is 207 g/mol. The van der Waals surface area contributed by atoms with E-state index in [0.29, 0.717) is 5.92 Å². The molecule has 0 bridgehead atoms. The van der Waals surface area contributed by atoms with Crippen LogP contribution in [-0.4, -0.2) is 12.5 Å². The number of amides is 1. The molecule has 0 aliphatic carbocycles. The Hall–Kier alpha value is -1.51. The van der Waals surface area contributed by atoms with E-state index < -0.39 is 5.91 Å². The number of carbonyl (C=O) groups excluding carboxylic acids is 1. The quantitative estimate of drug-likeness (QED) is 0.820. The van der Waals surface area contributed by atoms with Crippen molar-refractivity contribution in [3.05, 3.63) is 29.3 Å². The molecular formula is C12H17NO2. The van der Waals surface area contributed by atoms with Crippen molar-refractivity contribution in [2.45, 2.75) is 26.7 Å². The van der Waals surface area contributed by atoms with Crippen LogP contribution in [-0.2, 0) is 4.79 Å². The summed E-state index contributed by atoms with van der Waals surface area (Å²) in [5.41, 5.74) is 7.25. The molecule has 1 aromatic carbocycles. The molecule has 15 heavy (non-hydrogen) atoms. The predicted octanol–water partition coefficient (Wildman–Crippen LogP) is 1.98. The van der Waals surface area contributed by atoms with Gasteiger partial charge in [0.15, 0.2) is 6.61 Å². The normalized spacial score (nSPS) is 10.4. The van der Waals surface area contributed by atoms with Crippen molar-refractivity contribution in [2.24, 2.45) is 5.73 Å². The second kappa shape index (κ2) is 4.82. The van der Waals surface area contributed by atoms with Gasteiger partial charge in [-0.25, -0.2) is 0 Å². The molecule has 0 aromatic heterocycles. The molecule has 0 saturated heterocycles. The monoisotopic (exact) mass is 207 g/mol. The number of hydrogen-bond donors (Lipinski definition) is 1. The first kappa shape index (κ1) is 11.6. The minimum Gasteiger partial charge on any atom is -0.483 e. The van der Waals surface area contributed by atoms with Gasteiger partial charge in [-0.05, 0) is 30.0 Å². The molecule has 1 rings (SSSR count). The molecule has 0 spiro atoms. The Labute approximate surface area is 90.2 Å². The number of aryl methyl sites for hydroxylation is 1. The van der Waals surface area contributed by atoms with Crippen molar-refractivity contribution < 1.29 is 9.53 Å². The number of rotatable bonds is 4. The van der Waals surface area contributed by atoms with Gasteiger partial charge in [0, 0.05) is 0 Å². The fourth-order valence-electron chi connectivity index (χ4n) is 1.39. The molecule has 0 aliphatic rings. The molecule has 0 radical (unpaired) electrons. The Morgan fingerprint density at radius 1 is 1.47 bits per heavy atom. The summed E-state index contributed by atoms with van der Waals surface area (Å²) in [5.74, 6) is 0.670. The highest BCUT2D eigenvalue weighted by Crippen LogP contribution is 2.27. The second-order valence-corrected chi connectivity index (χ2v) is 3.95. The van der Waals surface area contributed by atoms with Crippen LogP contribution < -0.4 is 10.5 Å². The molecule has 0 aliphatic heterocycles. The van der Waals surface area contributed by atoms with Crippen molar-refractivity contribution in [3.8, 4) is 5.75 Å². The van der Waals surface area contributed by atoms with E-state index in [0.717, 1.165) is 16.9 Å². The summed E-state index contributed by atoms with van der Waals surface area (Å²) in [6.45, 7) is 6.09. The number of benzene rings is 1. The number of carbonyl (C=O) groups is 1. The first-order valence-corrected chi connectivity index (χ1v) is 5.02. The van der Waals surface area contributed by atoms with E-state index in [4.69, 9.17) is 10.5 Å². The number of ether oxygens (including phenoxy) is 1. The molecule has 1 aromatic rings. The zero-order valence-corrected chi connectivity index (χ0v) is 9.41. The van der Waals surface area contributed by atoms with E-state index in [1.54, 1.807) is 0 Å². The Bertz CT molecular complexity index is 359. The third kappa shape index (κ3) is 3.27. The zero-order valence-electron chi connectivity index (χ0n) is 9.41.